The van der Waals surface area contributed by atoms with E-state index in [2.05, 4.69) is 9.97 Å². The molecule has 0 aromatic carbocycles. The number of hydrogen-bond acceptors (Lipinski definition) is 3. The van der Waals surface area contributed by atoms with E-state index in [4.69, 9.17) is 5.11 Å². The summed E-state index contributed by atoms with van der Waals surface area (Å²) in [5.74, 6) is -0.164. The van der Waals surface area contributed by atoms with E-state index in [0.29, 0.717) is 5.78 Å². The quantitative estimate of drug-likeness (QED) is 0.807. The standard InChI is InChI=1S/C10H11N3O2/c1-6(2)8-4-12-10-11-3-7(9(14)15)5-13(8)10/h3-6H,1-2H3,(H,14,15). The number of imidazole rings is 1. The summed E-state index contributed by atoms with van der Waals surface area (Å²) in [7, 11) is 0. The molecule has 0 amide bonds. The third kappa shape index (κ3) is 1.56. The molecule has 2 aromatic rings. The number of carboxylic acids is 1. The van der Waals surface area contributed by atoms with Gasteiger partial charge < -0.3 is 5.11 Å². The Morgan fingerprint density at radius 2 is 2.07 bits per heavy atom. The Morgan fingerprint density at radius 1 is 1.40 bits per heavy atom. The fourth-order valence-corrected chi connectivity index (χ4v) is 1.43. The van der Waals surface area contributed by atoms with Crippen LogP contribution in [0.1, 0.15) is 35.8 Å². The summed E-state index contributed by atoms with van der Waals surface area (Å²) in [6, 6.07) is 0. The molecule has 2 heterocycles. The van der Waals surface area contributed by atoms with Gasteiger partial charge in [0, 0.05) is 18.1 Å². The molecule has 2 aromatic heterocycles. The third-order valence-electron chi connectivity index (χ3n) is 2.23. The van der Waals surface area contributed by atoms with Crippen molar-refractivity contribution in [1.82, 2.24) is 14.4 Å². The van der Waals surface area contributed by atoms with Gasteiger partial charge in [-0.15, -0.1) is 0 Å². The van der Waals surface area contributed by atoms with E-state index >= 15 is 0 Å². The zero-order chi connectivity index (χ0) is 11.0. The second-order valence-corrected chi connectivity index (χ2v) is 3.66. The number of aromatic carboxylic acids is 1. The topological polar surface area (TPSA) is 67.5 Å². The highest BCUT2D eigenvalue weighted by molar-refractivity contribution is 5.87. The van der Waals surface area contributed by atoms with Crippen molar-refractivity contribution in [2.45, 2.75) is 19.8 Å². The molecule has 0 fully saturated rings. The second-order valence-electron chi connectivity index (χ2n) is 3.66. The van der Waals surface area contributed by atoms with Crippen molar-refractivity contribution in [2.75, 3.05) is 0 Å². The van der Waals surface area contributed by atoms with Gasteiger partial charge >= 0.3 is 5.97 Å². The normalized spacial score (nSPS) is 11.1. The lowest BCUT2D eigenvalue weighted by Crippen LogP contribution is -2.03. The minimum atomic E-state index is -0.979. The molecule has 0 aliphatic carbocycles. The molecule has 0 unspecified atom stereocenters. The van der Waals surface area contributed by atoms with Crippen molar-refractivity contribution in [1.29, 1.82) is 0 Å². The largest absolute Gasteiger partial charge is 0.478 e. The lowest BCUT2D eigenvalue weighted by atomic mass is 10.1. The van der Waals surface area contributed by atoms with E-state index in [9.17, 15) is 4.79 Å². The molecule has 5 nitrogen and oxygen atoms in total. The van der Waals surface area contributed by atoms with Gasteiger partial charge in [0.2, 0.25) is 5.78 Å². The molecule has 0 atom stereocenters. The Hall–Kier alpha value is -1.91. The highest BCUT2D eigenvalue weighted by atomic mass is 16.4. The van der Waals surface area contributed by atoms with Gasteiger partial charge in [-0.1, -0.05) is 13.8 Å². The van der Waals surface area contributed by atoms with Crippen molar-refractivity contribution in [3.05, 3.63) is 29.8 Å². The summed E-state index contributed by atoms with van der Waals surface area (Å²) in [6.07, 6.45) is 4.58. The Kier molecular flexibility index (Phi) is 2.15. The monoisotopic (exact) mass is 205 g/mol. The van der Waals surface area contributed by atoms with Crippen molar-refractivity contribution in [3.63, 3.8) is 0 Å². The van der Waals surface area contributed by atoms with E-state index in [1.165, 1.54) is 6.20 Å². The number of aromatic nitrogens is 3. The van der Waals surface area contributed by atoms with Gasteiger partial charge in [-0.05, 0) is 5.92 Å². The number of carboxylic acid groups (broad SMARTS) is 1. The first-order chi connectivity index (χ1) is 7.09. The van der Waals surface area contributed by atoms with E-state index in [1.807, 2.05) is 13.8 Å². The molecular formula is C10H11N3O2. The van der Waals surface area contributed by atoms with E-state index in [1.54, 1.807) is 16.8 Å². The van der Waals surface area contributed by atoms with Gasteiger partial charge in [-0.25, -0.2) is 14.8 Å². The molecule has 5 heteroatoms. The maximum Gasteiger partial charge on any atom is 0.338 e. The molecule has 78 valence electrons. The van der Waals surface area contributed by atoms with Crippen LogP contribution in [-0.2, 0) is 0 Å². The minimum Gasteiger partial charge on any atom is -0.478 e. The van der Waals surface area contributed by atoms with Crippen LogP contribution in [0.25, 0.3) is 5.78 Å². The molecule has 0 aliphatic rings. The predicted octanol–water partition coefficient (Wildman–Crippen LogP) is 1.55. The lowest BCUT2D eigenvalue weighted by Gasteiger charge is -2.04. The average molecular weight is 205 g/mol. The van der Waals surface area contributed by atoms with Gasteiger partial charge in [0.05, 0.1) is 11.8 Å². The van der Waals surface area contributed by atoms with Crippen LogP contribution in [0.2, 0.25) is 0 Å². The highest BCUT2D eigenvalue weighted by Gasteiger charge is 2.10. The molecule has 0 saturated carbocycles. The summed E-state index contributed by atoms with van der Waals surface area (Å²) >= 11 is 0. The predicted molar refractivity (Wildman–Crippen MR) is 54.0 cm³/mol. The Balaban J connectivity index is 2.66. The maximum absolute atomic E-state index is 10.8. The number of carbonyl (C=O) groups is 1. The molecule has 0 spiro atoms. The minimum absolute atomic E-state index is 0.169. The molecule has 0 saturated heterocycles. The number of rotatable bonds is 2. The van der Waals surface area contributed by atoms with Crippen LogP contribution >= 0.6 is 0 Å². The summed E-state index contributed by atoms with van der Waals surface area (Å²) < 4.78 is 1.72. The van der Waals surface area contributed by atoms with Crippen molar-refractivity contribution in [3.8, 4) is 0 Å². The number of hydrogen-bond donors (Lipinski definition) is 1. The molecule has 15 heavy (non-hydrogen) atoms. The first kappa shape index (κ1) is 9.64. The highest BCUT2D eigenvalue weighted by Crippen LogP contribution is 2.15. The fraction of sp³-hybridized carbons (Fsp3) is 0.300. The summed E-state index contributed by atoms with van der Waals surface area (Å²) in [5, 5.41) is 8.84. The second kappa shape index (κ2) is 3.34. The van der Waals surface area contributed by atoms with Crippen LogP contribution in [0.3, 0.4) is 0 Å². The first-order valence-electron chi connectivity index (χ1n) is 4.66. The van der Waals surface area contributed by atoms with Crippen molar-refractivity contribution < 1.29 is 9.90 Å². The van der Waals surface area contributed by atoms with Gasteiger partial charge in [-0.3, -0.25) is 4.40 Å². The summed E-state index contributed by atoms with van der Waals surface area (Å²) in [4.78, 5) is 18.8. The van der Waals surface area contributed by atoms with Crippen LogP contribution in [0.4, 0.5) is 0 Å². The van der Waals surface area contributed by atoms with Crippen LogP contribution in [0.15, 0.2) is 18.6 Å². The molecule has 2 rings (SSSR count). The zero-order valence-corrected chi connectivity index (χ0v) is 8.51. The SMILES string of the molecule is CC(C)c1cnc2ncc(C(=O)O)cn12. The van der Waals surface area contributed by atoms with E-state index in [-0.39, 0.29) is 11.5 Å². The van der Waals surface area contributed by atoms with Gasteiger partial charge in [0.15, 0.2) is 0 Å². The first-order valence-corrected chi connectivity index (χ1v) is 4.66. The Morgan fingerprint density at radius 3 is 2.67 bits per heavy atom. The van der Waals surface area contributed by atoms with Gasteiger partial charge in [0.25, 0.3) is 0 Å². The van der Waals surface area contributed by atoms with Crippen LogP contribution < -0.4 is 0 Å². The van der Waals surface area contributed by atoms with E-state index in [0.717, 1.165) is 5.69 Å². The molecular weight excluding hydrogens is 194 g/mol. The number of nitrogens with zero attached hydrogens (tertiary/aromatic N) is 3. The molecule has 1 N–H and O–H groups in total. The zero-order valence-electron chi connectivity index (χ0n) is 8.51. The van der Waals surface area contributed by atoms with Crippen LogP contribution in [0.5, 0.6) is 0 Å². The number of fused-ring (bicyclic) bond motifs is 1. The van der Waals surface area contributed by atoms with Crippen molar-refractivity contribution in [2.24, 2.45) is 0 Å². The molecule has 0 aliphatic heterocycles. The van der Waals surface area contributed by atoms with Gasteiger partial charge in [0.1, 0.15) is 0 Å². The van der Waals surface area contributed by atoms with Crippen molar-refractivity contribution >= 4 is 11.7 Å². The van der Waals surface area contributed by atoms with Gasteiger partial charge in [-0.2, -0.15) is 0 Å². The average Bonchev–Trinajstić information content (AvgIpc) is 2.59. The van der Waals surface area contributed by atoms with Crippen LogP contribution in [-0.4, -0.2) is 25.4 Å². The third-order valence-corrected chi connectivity index (χ3v) is 2.23. The smallest absolute Gasteiger partial charge is 0.338 e. The fourth-order valence-electron chi connectivity index (χ4n) is 1.43. The lowest BCUT2D eigenvalue weighted by molar-refractivity contribution is 0.0696. The molecule has 0 bridgehead atoms. The summed E-state index contributed by atoms with van der Waals surface area (Å²) in [6.45, 7) is 4.05. The Bertz CT molecular complexity index is 516. The maximum atomic E-state index is 10.8. The Labute approximate surface area is 86.4 Å². The molecule has 0 radical (unpaired) electrons. The summed E-state index contributed by atoms with van der Waals surface area (Å²) in [5.41, 5.74) is 1.13. The van der Waals surface area contributed by atoms with Crippen LogP contribution in [0, 0.1) is 0 Å². The van der Waals surface area contributed by atoms with E-state index < -0.39 is 5.97 Å².